The lowest BCUT2D eigenvalue weighted by atomic mass is 9.90. The van der Waals surface area contributed by atoms with E-state index in [1.165, 1.54) is 22.6 Å². The van der Waals surface area contributed by atoms with Gasteiger partial charge < -0.3 is 19.8 Å². The molecule has 0 radical (unpaired) electrons. The molecular formula is C28H24F5N7O3. The number of aromatic nitrogens is 4. The van der Waals surface area contributed by atoms with E-state index in [2.05, 4.69) is 20.0 Å². The first-order chi connectivity index (χ1) is 20.1. The number of rotatable bonds is 6. The zero-order valence-corrected chi connectivity index (χ0v) is 23.0. The van der Waals surface area contributed by atoms with Crippen LogP contribution in [0.2, 0.25) is 0 Å². The summed E-state index contributed by atoms with van der Waals surface area (Å²) in [6.07, 6.45) is -3.31. The van der Waals surface area contributed by atoms with E-state index in [0.29, 0.717) is 11.3 Å². The molecule has 5 rings (SSSR count). The second-order valence-corrected chi connectivity index (χ2v) is 10.8. The van der Waals surface area contributed by atoms with Gasteiger partial charge >= 0.3 is 6.36 Å². The minimum absolute atomic E-state index is 0.0312. The Morgan fingerprint density at radius 2 is 1.91 bits per heavy atom. The van der Waals surface area contributed by atoms with Crippen LogP contribution in [0.15, 0.2) is 53.2 Å². The molecule has 1 aliphatic rings. The first-order valence-electron chi connectivity index (χ1n) is 12.8. The van der Waals surface area contributed by atoms with Gasteiger partial charge in [-0.2, -0.15) is 10.4 Å². The number of carbonyl (C=O) groups excluding carboxylic acids is 1. The fourth-order valence-corrected chi connectivity index (χ4v) is 4.66. The van der Waals surface area contributed by atoms with Crippen molar-refractivity contribution in [3.63, 3.8) is 0 Å². The van der Waals surface area contributed by atoms with Crippen molar-refractivity contribution in [3.05, 3.63) is 71.6 Å². The van der Waals surface area contributed by atoms with Crippen molar-refractivity contribution >= 4 is 11.6 Å². The molecule has 224 valence electrons. The third-order valence-electron chi connectivity index (χ3n) is 6.93. The third kappa shape index (κ3) is 5.91. The van der Waals surface area contributed by atoms with Gasteiger partial charge in [0.2, 0.25) is 11.8 Å². The number of nitrogens with zero attached hydrogens (tertiary/aromatic N) is 6. The van der Waals surface area contributed by atoms with Crippen LogP contribution >= 0.6 is 0 Å². The largest absolute Gasteiger partial charge is 0.573 e. The zero-order valence-electron chi connectivity index (χ0n) is 23.0. The van der Waals surface area contributed by atoms with Crippen molar-refractivity contribution in [1.82, 2.24) is 20.0 Å². The van der Waals surface area contributed by atoms with Gasteiger partial charge in [-0.3, -0.25) is 4.79 Å². The summed E-state index contributed by atoms with van der Waals surface area (Å²) in [5.41, 5.74) is 3.39. The number of anilines is 1. The van der Waals surface area contributed by atoms with Gasteiger partial charge in [0, 0.05) is 12.0 Å². The van der Waals surface area contributed by atoms with Crippen molar-refractivity contribution in [1.29, 1.82) is 5.26 Å². The number of hydrogen-bond acceptors (Lipinski definition) is 8. The number of benzene rings is 2. The maximum absolute atomic E-state index is 15.9. The molecule has 15 heteroatoms. The fraction of sp³-hybridized carbons (Fsp3) is 0.321. The van der Waals surface area contributed by atoms with Gasteiger partial charge in [-0.1, -0.05) is 12.1 Å². The molecule has 1 aliphatic heterocycles. The minimum Gasteiger partial charge on any atom is -0.419 e. The van der Waals surface area contributed by atoms with Crippen molar-refractivity contribution < 1.29 is 35.9 Å². The molecule has 0 saturated heterocycles. The van der Waals surface area contributed by atoms with E-state index < -0.39 is 47.4 Å². The summed E-state index contributed by atoms with van der Waals surface area (Å²) in [7, 11) is 0. The molecule has 1 unspecified atom stereocenters. The van der Waals surface area contributed by atoms with Gasteiger partial charge in [0.25, 0.3) is 5.89 Å². The van der Waals surface area contributed by atoms with Crippen LogP contribution in [0.1, 0.15) is 44.2 Å². The SMILES string of the molecule is CC(C)(C#N)c1nnc(-c2cc3c(cc2F)C(C)(F)C[C@@H](N)C(=O)N3Cc2ccc(-n3cc(OC(F)(F)F)cn3)cc2)o1. The van der Waals surface area contributed by atoms with E-state index in [-0.39, 0.29) is 35.1 Å². The Hall–Kier alpha value is -4.84. The van der Waals surface area contributed by atoms with Crippen LogP contribution in [0.25, 0.3) is 17.1 Å². The minimum atomic E-state index is -4.87. The highest BCUT2D eigenvalue weighted by Gasteiger charge is 2.42. The summed E-state index contributed by atoms with van der Waals surface area (Å²) in [6.45, 7) is 4.18. The van der Waals surface area contributed by atoms with E-state index in [1.54, 1.807) is 38.1 Å². The lowest BCUT2D eigenvalue weighted by molar-refractivity contribution is -0.274. The third-order valence-corrected chi connectivity index (χ3v) is 6.93. The van der Waals surface area contributed by atoms with Crippen LogP contribution in [0.5, 0.6) is 5.75 Å². The van der Waals surface area contributed by atoms with Crippen LogP contribution in [0, 0.1) is 17.1 Å². The van der Waals surface area contributed by atoms with Crippen molar-refractivity contribution in [2.45, 2.75) is 57.2 Å². The number of ether oxygens (including phenoxy) is 1. The molecule has 0 spiro atoms. The second kappa shape index (κ2) is 10.5. The standard InChI is InChI=1S/C28H24F5N7O3/c1-26(2,14-34)25-38-37-23(42-25)18-8-22-19(9-20(18)29)27(3,30)10-21(35)24(41)39(22)12-15-4-6-16(7-5-15)40-13-17(11-36-40)43-28(31,32)33/h4-9,11,13,21H,10,12,35H2,1-3H3/t21-,27?/m1/s1. The summed E-state index contributed by atoms with van der Waals surface area (Å²) in [4.78, 5) is 14.7. The number of amides is 1. The normalized spacial score (nSPS) is 19.1. The van der Waals surface area contributed by atoms with Crippen LogP contribution < -0.4 is 15.4 Å². The molecule has 2 atom stereocenters. The van der Waals surface area contributed by atoms with E-state index in [4.69, 9.17) is 10.2 Å². The highest BCUT2D eigenvalue weighted by molar-refractivity contribution is 5.99. The number of hydrogen-bond donors (Lipinski definition) is 1. The first-order valence-corrected chi connectivity index (χ1v) is 12.8. The summed E-state index contributed by atoms with van der Waals surface area (Å²) in [6, 6.07) is 9.24. The van der Waals surface area contributed by atoms with Crippen LogP contribution in [-0.2, 0) is 22.4 Å². The van der Waals surface area contributed by atoms with Gasteiger partial charge in [-0.05, 0) is 50.6 Å². The summed E-state index contributed by atoms with van der Waals surface area (Å²) >= 11 is 0. The molecule has 4 aromatic rings. The number of nitrogens with two attached hydrogens (primary N) is 1. The predicted molar refractivity (Wildman–Crippen MR) is 141 cm³/mol. The average Bonchev–Trinajstić information content (AvgIpc) is 3.60. The summed E-state index contributed by atoms with van der Waals surface area (Å²) < 4.78 is 79.5. The Kier molecular flexibility index (Phi) is 7.21. The van der Waals surface area contributed by atoms with Gasteiger partial charge in [0.05, 0.1) is 48.0 Å². The fourth-order valence-electron chi connectivity index (χ4n) is 4.66. The second-order valence-electron chi connectivity index (χ2n) is 10.8. The van der Waals surface area contributed by atoms with Crippen molar-refractivity contribution in [2.24, 2.45) is 5.73 Å². The average molecular weight is 602 g/mol. The maximum Gasteiger partial charge on any atom is 0.573 e. The van der Waals surface area contributed by atoms with Gasteiger partial charge in [0.1, 0.15) is 16.9 Å². The monoisotopic (exact) mass is 601 g/mol. The lowest BCUT2D eigenvalue weighted by Crippen LogP contribution is -2.43. The smallest absolute Gasteiger partial charge is 0.419 e. The molecule has 10 nitrogen and oxygen atoms in total. The molecule has 0 saturated carbocycles. The zero-order chi connectivity index (χ0) is 31.3. The number of nitriles is 1. The molecule has 1 amide bonds. The quantitative estimate of drug-likeness (QED) is 0.298. The lowest BCUT2D eigenvalue weighted by Gasteiger charge is -2.26. The molecule has 0 bridgehead atoms. The first kappa shape index (κ1) is 29.6. The van der Waals surface area contributed by atoms with Gasteiger partial charge in [-0.25, -0.2) is 13.5 Å². The van der Waals surface area contributed by atoms with Crippen LogP contribution in [0.4, 0.5) is 27.6 Å². The van der Waals surface area contributed by atoms with E-state index in [1.807, 2.05) is 6.07 Å². The molecule has 0 fully saturated rings. The van der Waals surface area contributed by atoms with E-state index in [9.17, 15) is 23.2 Å². The number of fused-ring (bicyclic) bond motifs is 1. The van der Waals surface area contributed by atoms with Gasteiger partial charge in [-0.15, -0.1) is 23.4 Å². The molecule has 3 heterocycles. The number of alkyl halides is 4. The topological polar surface area (TPSA) is 136 Å². The predicted octanol–water partition coefficient (Wildman–Crippen LogP) is 5.21. The highest BCUT2D eigenvalue weighted by Crippen LogP contribution is 2.44. The van der Waals surface area contributed by atoms with Crippen LogP contribution in [-0.4, -0.2) is 38.3 Å². The Balaban J connectivity index is 1.51. The van der Waals surface area contributed by atoms with Crippen LogP contribution in [0.3, 0.4) is 0 Å². The summed E-state index contributed by atoms with van der Waals surface area (Å²) in [5.74, 6) is -2.33. The molecule has 2 N–H and O–H groups in total. The molecular weight excluding hydrogens is 577 g/mol. The Morgan fingerprint density at radius 3 is 2.56 bits per heavy atom. The molecule has 2 aromatic carbocycles. The van der Waals surface area contributed by atoms with Crippen molar-refractivity contribution in [3.8, 4) is 29.0 Å². The summed E-state index contributed by atoms with van der Waals surface area (Å²) in [5, 5.41) is 21.0. The molecule has 43 heavy (non-hydrogen) atoms. The van der Waals surface area contributed by atoms with Gasteiger partial charge in [0.15, 0.2) is 5.75 Å². The Labute approximate surface area is 241 Å². The Bertz CT molecular complexity index is 1720. The Morgan fingerprint density at radius 1 is 1.21 bits per heavy atom. The highest BCUT2D eigenvalue weighted by atomic mass is 19.4. The molecule has 0 aliphatic carbocycles. The maximum atomic E-state index is 15.9. The molecule has 2 aromatic heterocycles. The number of carbonyl (C=O) groups is 1. The van der Waals surface area contributed by atoms with E-state index in [0.717, 1.165) is 18.5 Å². The number of halogens is 5. The van der Waals surface area contributed by atoms with Crippen molar-refractivity contribution in [2.75, 3.05) is 4.90 Å². The van der Waals surface area contributed by atoms with E-state index >= 15 is 8.78 Å².